The molecule has 6 heteroatoms. The van der Waals surface area contributed by atoms with Crippen molar-refractivity contribution < 1.29 is 19.4 Å². The van der Waals surface area contributed by atoms with Gasteiger partial charge in [-0.15, -0.1) is 0 Å². The fourth-order valence-corrected chi connectivity index (χ4v) is 3.03. The molecule has 0 unspecified atom stereocenters. The molecule has 22 heavy (non-hydrogen) atoms. The highest BCUT2D eigenvalue weighted by Gasteiger charge is 2.44. The topological polar surface area (TPSA) is 66.8 Å². The Morgan fingerprint density at radius 2 is 1.86 bits per heavy atom. The van der Waals surface area contributed by atoms with E-state index in [1.165, 1.54) is 4.90 Å². The predicted molar refractivity (Wildman–Crippen MR) is 83.1 cm³/mol. The minimum absolute atomic E-state index is 0.150. The van der Waals surface area contributed by atoms with Crippen molar-refractivity contribution in [3.8, 4) is 0 Å². The molecule has 0 atom stereocenters. The standard InChI is InChI=1S/C16H20ClNO4/c1-2-18(11-14(19)20)15(21)16(7-9-22-10-8-16)12-3-5-13(17)6-4-12/h3-6H,2,7-11H2,1H3,(H,19,20). The highest BCUT2D eigenvalue weighted by molar-refractivity contribution is 6.30. The number of hydrogen-bond donors (Lipinski definition) is 1. The Hall–Kier alpha value is -1.59. The van der Waals surface area contributed by atoms with Crippen molar-refractivity contribution in [1.29, 1.82) is 0 Å². The van der Waals surface area contributed by atoms with Crippen molar-refractivity contribution in [1.82, 2.24) is 4.90 Å². The van der Waals surface area contributed by atoms with E-state index >= 15 is 0 Å². The van der Waals surface area contributed by atoms with Gasteiger partial charge in [0.1, 0.15) is 6.54 Å². The lowest BCUT2D eigenvalue weighted by Crippen LogP contribution is -2.51. The molecule has 0 aromatic heterocycles. The first kappa shape index (κ1) is 16.8. The van der Waals surface area contributed by atoms with Crippen molar-refractivity contribution in [2.45, 2.75) is 25.2 Å². The van der Waals surface area contributed by atoms with Crippen LogP contribution >= 0.6 is 11.6 Å². The van der Waals surface area contributed by atoms with Gasteiger partial charge in [-0.3, -0.25) is 9.59 Å². The van der Waals surface area contributed by atoms with Crippen LogP contribution in [0, 0.1) is 0 Å². The molecule has 5 nitrogen and oxygen atoms in total. The van der Waals surface area contributed by atoms with E-state index in [2.05, 4.69) is 0 Å². The van der Waals surface area contributed by atoms with Gasteiger partial charge in [-0.25, -0.2) is 0 Å². The van der Waals surface area contributed by atoms with Crippen LogP contribution in [-0.4, -0.2) is 48.2 Å². The van der Waals surface area contributed by atoms with Gasteiger partial charge in [0.05, 0.1) is 5.41 Å². The second-order valence-electron chi connectivity index (χ2n) is 5.41. The molecule has 1 amide bonds. The summed E-state index contributed by atoms with van der Waals surface area (Å²) in [6, 6.07) is 7.21. The molecule has 120 valence electrons. The Labute approximate surface area is 134 Å². The monoisotopic (exact) mass is 325 g/mol. The number of benzene rings is 1. The fourth-order valence-electron chi connectivity index (χ4n) is 2.91. The molecule has 1 saturated heterocycles. The van der Waals surface area contributed by atoms with Crippen LogP contribution in [0.5, 0.6) is 0 Å². The molecule has 0 saturated carbocycles. The maximum atomic E-state index is 13.0. The van der Waals surface area contributed by atoms with Gasteiger partial charge in [0.15, 0.2) is 0 Å². The van der Waals surface area contributed by atoms with E-state index in [4.69, 9.17) is 21.4 Å². The molecule has 1 fully saturated rings. The molecule has 1 aliphatic rings. The summed E-state index contributed by atoms with van der Waals surface area (Å²) in [6.45, 7) is 2.83. The Balaban J connectivity index is 2.38. The summed E-state index contributed by atoms with van der Waals surface area (Å²) in [5.41, 5.74) is 0.142. The summed E-state index contributed by atoms with van der Waals surface area (Å²) < 4.78 is 5.40. The van der Waals surface area contributed by atoms with E-state index < -0.39 is 11.4 Å². The Morgan fingerprint density at radius 3 is 2.36 bits per heavy atom. The maximum Gasteiger partial charge on any atom is 0.323 e. The molecular formula is C16H20ClNO4. The molecule has 1 aromatic rings. The molecule has 0 radical (unpaired) electrons. The first-order chi connectivity index (χ1) is 10.5. The number of carbonyl (C=O) groups is 2. The lowest BCUT2D eigenvalue weighted by Gasteiger charge is -2.39. The first-order valence-corrected chi connectivity index (χ1v) is 7.72. The molecule has 0 bridgehead atoms. The largest absolute Gasteiger partial charge is 0.480 e. The molecule has 0 aliphatic carbocycles. The van der Waals surface area contributed by atoms with E-state index in [0.717, 1.165) is 5.56 Å². The number of ether oxygens (including phenoxy) is 1. The quantitative estimate of drug-likeness (QED) is 0.902. The SMILES string of the molecule is CCN(CC(=O)O)C(=O)C1(c2ccc(Cl)cc2)CCOCC1. The average molecular weight is 326 g/mol. The summed E-state index contributed by atoms with van der Waals surface area (Å²) in [5.74, 6) is -1.16. The van der Waals surface area contributed by atoms with Crippen LogP contribution in [0.4, 0.5) is 0 Å². The lowest BCUT2D eigenvalue weighted by molar-refractivity contribution is -0.149. The van der Waals surface area contributed by atoms with Crippen molar-refractivity contribution in [3.05, 3.63) is 34.9 Å². The lowest BCUT2D eigenvalue weighted by atomic mass is 9.73. The van der Waals surface area contributed by atoms with Gasteiger partial charge in [-0.05, 0) is 37.5 Å². The number of carboxylic acid groups (broad SMARTS) is 1. The van der Waals surface area contributed by atoms with Crippen LogP contribution in [0.1, 0.15) is 25.3 Å². The number of hydrogen-bond acceptors (Lipinski definition) is 3. The average Bonchev–Trinajstić information content (AvgIpc) is 2.53. The number of carbonyl (C=O) groups excluding carboxylic acids is 1. The van der Waals surface area contributed by atoms with Crippen LogP contribution in [0.3, 0.4) is 0 Å². The number of amides is 1. The fraction of sp³-hybridized carbons (Fsp3) is 0.500. The van der Waals surface area contributed by atoms with Crippen LogP contribution in [-0.2, 0) is 19.7 Å². The summed E-state index contributed by atoms with van der Waals surface area (Å²) in [4.78, 5) is 25.4. The molecule has 1 aliphatic heterocycles. The minimum atomic E-state index is -1.01. The summed E-state index contributed by atoms with van der Waals surface area (Å²) in [7, 11) is 0. The summed E-state index contributed by atoms with van der Waals surface area (Å²) in [5, 5.41) is 9.62. The van der Waals surface area contributed by atoms with Crippen molar-refractivity contribution in [2.75, 3.05) is 26.3 Å². The second kappa shape index (κ2) is 7.11. The van der Waals surface area contributed by atoms with Gasteiger partial charge in [0, 0.05) is 24.8 Å². The van der Waals surface area contributed by atoms with E-state index in [-0.39, 0.29) is 12.5 Å². The third-order valence-corrected chi connectivity index (χ3v) is 4.40. The van der Waals surface area contributed by atoms with E-state index in [9.17, 15) is 9.59 Å². The highest BCUT2D eigenvalue weighted by atomic mass is 35.5. The normalized spacial score (nSPS) is 17.0. The van der Waals surface area contributed by atoms with Gasteiger partial charge < -0.3 is 14.7 Å². The van der Waals surface area contributed by atoms with Gasteiger partial charge in [0.2, 0.25) is 5.91 Å². The number of halogens is 1. The van der Waals surface area contributed by atoms with Crippen LogP contribution < -0.4 is 0 Å². The molecule has 1 N–H and O–H groups in total. The van der Waals surface area contributed by atoms with Gasteiger partial charge in [-0.2, -0.15) is 0 Å². The number of likely N-dealkylation sites (N-methyl/N-ethyl adjacent to an activating group) is 1. The molecule has 2 rings (SSSR count). The Morgan fingerprint density at radius 1 is 1.27 bits per heavy atom. The highest BCUT2D eigenvalue weighted by Crippen LogP contribution is 2.37. The van der Waals surface area contributed by atoms with Crippen molar-refractivity contribution in [2.24, 2.45) is 0 Å². The molecular weight excluding hydrogens is 306 g/mol. The van der Waals surface area contributed by atoms with Crippen LogP contribution in [0.15, 0.2) is 24.3 Å². The smallest absolute Gasteiger partial charge is 0.323 e. The van der Waals surface area contributed by atoms with E-state index in [0.29, 0.717) is 37.6 Å². The number of nitrogens with zero attached hydrogens (tertiary/aromatic N) is 1. The van der Waals surface area contributed by atoms with Gasteiger partial charge in [-0.1, -0.05) is 23.7 Å². The zero-order valence-electron chi connectivity index (χ0n) is 12.5. The first-order valence-electron chi connectivity index (χ1n) is 7.34. The van der Waals surface area contributed by atoms with E-state index in [1.54, 1.807) is 19.1 Å². The van der Waals surface area contributed by atoms with Crippen molar-refractivity contribution >= 4 is 23.5 Å². The summed E-state index contributed by atoms with van der Waals surface area (Å²) in [6.07, 6.45) is 1.09. The number of rotatable bonds is 5. The van der Waals surface area contributed by atoms with Crippen LogP contribution in [0.2, 0.25) is 5.02 Å². The maximum absolute atomic E-state index is 13.0. The molecule has 1 heterocycles. The molecule has 1 aromatic carbocycles. The summed E-state index contributed by atoms with van der Waals surface area (Å²) >= 11 is 5.94. The zero-order chi connectivity index (χ0) is 16.2. The van der Waals surface area contributed by atoms with Gasteiger partial charge >= 0.3 is 5.97 Å². The Kier molecular flexibility index (Phi) is 5.42. The van der Waals surface area contributed by atoms with Crippen molar-refractivity contribution in [3.63, 3.8) is 0 Å². The third kappa shape index (κ3) is 3.42. The van der Waals surface area contributed by atoms with Crippen LogP contribution in [0.25, 0.3) is 0 Å². The minimum Gasteiger partial charge on any atom is -0.480 e. The number of aliphatic carboxylic acids is 1. The van der Waals surface area contributed by atoms with E-state index in [1.807, 2.05) is 12.1 Å². The number of carboxylic acids is 1. The van der Waals surface area contributed by atoms with Gasteiger partial charge in [0.25, 0.3) is 0 Å². The zero-order valence-corrected chi connectivity index (χ0v) is 13.3. The second-order valence-corrected chi connectivity index (χ2v) is 5.85. The third-order valence-electron chi connectivity index (χ3n) is 4.15. The molecule has 0 spiro atoms. The predicted octanol–water partition coefficient (Wildman–Crippen LogP) is 2.32. The Bertz CT molecular complexity index is 538.